The first-order chi connectivity index (χ1) is 8.65. The van der Waals surface area contributed by atoms with Gasteiger partial charge >= 0.3 is 0 Å². The highest BCUT2D eigenvalue weighted by molar-refractivity contribution is 7.90. The van der Waals surface area contributed by atoms with E-state index in [-0.39, 0.29) is 11.5 Å². The number of hydrogen-bond donors (Lipinski definition) is 1. The van der Waals surface area contributed by atoms with E-state index in [2.05, 4.69) is 4.40 Å². The molecule has 1 aliphatic heterocycles. The van der Waals surface area contributed by atoms with Crippen LogP contribution in [0.2, 0.25) is 0 Å². The molecule has 18 heavy (non-hydrogen) atoms. The fourth-order valence-electron chi connectivity index (χ4n) is 1.90. The lowest BCUT2D eigenvalue weighted by molar-refractivity contribution is 0.283. The van der Waals surface area contributed by atoms with E-state index in [9.17, 15) is 8.42 Å². The summed E-state index contributed by atoms with van der Waals surface area (Å²) in [5.74, 6) is 0. The van der Waals surface area contributed by atoms with E-state index >= 15 is 0 Å². The molecule has 1 aromatic rings. The van der Waals surface area contributed by atoms with Crippen molar-refractivity contribution >= 4 is 22.0 Å². The zero-order valence-electron chi connectivity index (χ0n) is 9.99. The molecule has 0 aliphatic carbocycles. The highest BCUT2D eigenvalue weighted by Crippen LogP contribution is 2.29. The Labute approximate surface area is 107 Å². The number of unbranched alkanes of at least 4 members (excludes halogenated alkanes) is 2. The highest BCUT2D eigenvalue weighted by atomic mass is 32.2. The van der Waals surface area contributed by atoms with Gasteiger partial charge in [-0.3, -0.25) is 0 Å². The second-order valence-electron chi connectivity index (χ2n) is 4.14. The molecule has 5 nitrogen and oxygen atoms in total. The number of fused-ring (bicyclic) bond motifs is 1. The SMILES string of the molecule is O=S1(=O)N=CN(CCCCCO)c2ccccc21. The van der Waals surface area contributed by atoms with E-state index in [0.29, 0.717) is 12.2 Å². The summed E-state index contributed by atoms with van der Waals surface area (Å²) < 4.78 is 27.1. The Balaban J connectivity index is 2.15. The fraction of sp³-hybridized carbons (Fsp3) is 0.417. The quantitative estimate of drug-likeness (QED) is 0.819. The van der Waals surface area contributed by atoms with Gasteiger partial charge in [0.15, 0.2) is 0 Å². The van der Waals surface area contributed by atoms with Crippen LogP contribution in [0.15, 0.2) is 33.6 Å². The summed E-state index contributed by atoms with van der Waals surface area (Å²) in [6, 6.07) is 6.86. The summed E-state index contributed by atoms with van der Waals surface area (Å²) in [5.41, 5.74) is 0.677. The summed E-state index contributed by atoms with van der Waals surface area (Å²) in [6.07, 6.45) is 3.94. The first-order valence-electron chi connectivity index (χ1n) is 5.92. The largest absolute Gasteiger partial charge is 0.396 e. The third-order valence-corrected chi connectivity index (χ3v) is 4.11. The average Bonchev–Trinajstić information content (AvgIpc) is 2.37. The first-order valence-corrected chi connectivity index (χ1v) is 7.36. The van der Waals surface area contributed by atoms with Crippen molar-refractivity contribution in [3.63, 3.8) is 0 Å². The molecule has 98 valence electrons. The molecule has 1 aromatic carbocycles. The van der Waals surface area contributed by atoms with Crippen molar-refractivity contribution in [1.29, 1.82) is 0 Å². The predicted octanol–water partition coefficient (Wildman–Crippen LogP) is 1.39. The van der Waals surface area contributed by atoms with Gasteiger partial charge < -0.3 is 10.0 Å². The summed E-state index contributed by atoms with van der Waals surface area (Å²) in [5, 5.41) is 8.71. The molecule has 1 heterocycles. The van der Waals surface area contributed by atoms with Crippen LogP contribution in [-0.4, -0.2) is 33.0 Å². The van der Waals surface area contributed by atoms with E-state index in [1.807, 2.05) is 11.0 Å². The molecule has 0 radical (unpaired) electrons. The number of benzene rings is 1. The molecule has 0 spiro atoms. The molecule has 0 unspecified atom stereocenters. The molecule has 0 fully saturated rings. The standard InChI is InChI=1S/C12H16N2O3S/c15-9-5-1-4-8-14-10-13-18(16,17)12-7-3-2-6-11(12)14/h2-3,6-7,10,15H,1,4-5,8-9H2. The summed E-state index contributed by atoms with van der Waals surface area (Å²) in [4.78, 5) is 2.10. The maximum absolute atomic E-state index is 11.7. The van der Waals surface area contributed by atoms with E-state index in [1.165, 1.54) is 6.34 Å². The highest BCUT2D eigenvalue weighted by Gasteiger charge is 2.24. The van der Waals surface area contributed by atoms with Crippen molar-refractivity contribution in [2.45, 2.75) is 24.2 Å². The molecule has 0 bridgehead atoms. The summed E-state index contributed by atoms with van der Waals surface area (Å²) in [7, 11) is -3.52. The van der Waals surface area contributed by atoms with Gasteiger partial charge in [0.1, 0.15) is 11.2 Å². The fourth-order valence-corrected chi connectivity index (χ4v) is 2.95. The van der Waals surface area contributed by atoms with E-state index in [0.717, 1.165) is 19.3 Å². The summed E-state index contributed by atoms with van der Waals surface area (Å²) in [6.45, 7) is 0.898. The van der Waals surface area contributed by atoms with Gasteiger partial charge in [0.2, 0.25) is 0 Å². The van der Waals surface area contributed by atoms with Crippen LogP contribution in [0, 0.1) is 0 Å². The second-order valence-corrected chi connectivity index (χ2v) is 5.74. The minimum atomic E-state index is -3.52. The van der Waals surface area contributed by atoms with Crippen molar-refractivity contribution in [3.8, 4) is 0 Å². The normalized spacial score (nSPS) is 16.6. The Kier molecular flexibility index (Phi) is 3.98. The van der Waals surface area contributed by atoms with Crippen LogP contribution in [0.3, 0.4) is 0 Å². The van der Waals surface area contributed by atoms with Gasteiger partial charge in [0, 0.05) is 13.2 Å². The number of aliphatic hydroxyl groups excluding tert-OH is 1. The molecular formula is C12H16N2O3S. The van der Waals surface area contributed by atoms with Crippen molar-refractivity contribution < 1.29 is 13.5 Å². The Hall–Kier alpha value is -1.40. The minimum Gasteiger partial charge on any atom is -0.396 e. The maximum Gasteiger partial charge on any atom is 0.285 e. The number of sulfonamides is 1. The molecular weight excluding hydrogens is 252 g/mol. The maximum atomic E-state index is 11.7. The molecule has 1 aliphatic rings. The zero-order valence-corrected chi connectivity index (χ0v) is 10.8. The van der Waals surface area contributed by atoms with Gasteiger partial charge in [-0.25, -0.2) is 0 Å². The van der Waals surface area contributed by atoms with Crippen molar-refractivity contribution in [1.82, 2.24) is 0 Å². The molecule has 0 amide bonds. The number of nitrogens with zero attached hydrogens (tertiary/aromatic N) is 2. The first kappa shape index (κ1) is 13.0. The monoisotopic (exact) mass is 268 g/mol. The molecule has 0 saturated carbocycles. The zero-order chi connectivity index (χ0) is 13.0. The van der Waals surface area contributed by atoms with E-state index in [1.54, 1.807) is 18.2 Å². The molecule has 6 heteroatoms. The van der Waals surface area contributed by atoms with Crippen LogP contribution in [-0.2, 0) is 10.0 Å². The molecule has 2 rings (SSSR count). The second kappa shape index (κ2) is 5.49. The van der Waals surface area contributed by atoms with Crippen LogP contribution >= 0.6 is 0 Å². The van der Waals surface area contributed by atoms with Crippen LogP contribution in [0.1, 0.15) is 19.3 Å². The van der Waals surface area contributed by atoms with Gasteiger partial charge in [-0.05, 0) is 31.4 Å². The van der Waals surface area contributed by atoms with Crippen molar-refractivity contribution in [2.24, 2.45) is 4.40 Å². The van der Waals surface area contributed by atoms with Crippen LogP contribution < -0.4 is 4.90 Å². The predicted molar refractivity (Wildman–Crippen MR) is 70.4 cm³/mol. The number of para-hydroxylation sites is 1. The minimum absolute atomic E-state index is 0.194. The Bertz CT molecular complexity index is 540. The van der Waals surface area contributed by atoms with Crippen LogP contribution in [0.5, 0.6) is 0 Å². The number of rotatable bonds is 5. The smallest absolute Gasteiger partial charge is 0.285 e. The summed E-state index contributed by atoms with van der Waals surface area (Å²) >= 11 is 0. The molecule has 0 aromatic heterocycles. The lowest BCUT2D eigenvalue weighted by Gasteiger charge is -2.24. The van der Waals surface area contributed by atoms with Crippen molar-refractivity contribution in [3.05, 3.63) is 24.3 Å². The lowest BCUT2D eigenvalue weighted by atomic mass is 10.2. The number of anilines is 1. The number of hydrogen-bond acceptors (Lipinski definition) is 4. The van der Waals surface area contributed by atoms with Crippen LogP contribution in [0.25, 0.3) is 0 Å². The molecule has 0 saturated heterocycles. The van der Waals surface area contributed by atoms with Gasteiger partial charge in [0.05, 0.1) is 5.69 Å². The third kappa shape index (κ3) is 2.70. The van der Waals surface area contributed by atoms with Gasteiger partial charge in [0.25, 0.3) is 10.0 Å². The average molecular weight is 268 g/mol. The van der Waals surface area contributed by atoms with Crippen molar-refractivity contribution in [2.75, 3.05) is 18.1 Å². The molecule has 1 N–H and O–H groups in total. The molecule has 0 atom stereocenters. The number of aliphatic hydroxyl groups is 1. The van der Waals surface area contributed by atoms with Gasteiger partial charge in [-0.15, -0.1) is 4.40 Å². The third-order valence-electron chi connectivity index (χ3n) is 2.84. The van der Waals surface area contributed by atoms with Crippen LogP contribution in [0.4, 0.5) is 5.69 Å². The van der Waals surface area contributed by atoms with E-state index in [4.69, 9.17) is 5.11 Å². The Morgan fingerprint density at radius 2 is 1.94 bits per heavy atom. The van der Waals surface area contributed by atoms with Gasteiger partial charge in [-0.2, -0.15) is 8.42 Å². The lowest BCUT2D eigenvalue weighted by Crippen LogP contribution is -2.28. The Morgan fingerprint density at radius 1 is 1.17 bits per heavy atom. The van der Waals surface area contributed by atoms with E-state index < -0.39 is 10.0 Å². The Morgan fingerprint density at radius 3 is 2.72 bits per heavy atom. The topological polar surface area (TPSA) is 70.0 Å². The van der Waals surface area contributed by atoms with Gasteiger partial charge in [-0.1, -0.05) is 12.1 Å².